The van der Waals surface area contributed by atoms with Crippen LogP contribution in [0.1, 0.15) is 12.8 Å². The van der Waals surface area contributed by atoms with Gasteiger partial charge >= 0.3 is 0 Å². The molecule has 7 heteroatoms. The van der Waals surface area contributed by atoms with Crippen molar-refractivity contribution >= 4 is 21.6 Å². The molecular weight excluding hydrogens is 300 g/mol. The zero-order valence-electron chi connectivity index (χ0n) is 11.6. The number of methoxy groups -OCH3 is 1. The predicted molar refractivity (Wildman–Crippen MR) is 78.8 cm³/mol. The zero-order valence-corrected chi connectivity index (χ0v) is 13.2. The molecule has 1 aliphatic heterocycles. The maximum atomic E-state index is 12.8. The summed E-state index contributed by atoms with van der Waals surface area (Å²) >= 11 is 5.89. The number of rotatable bonds is 5. The Morgan fingerprint density at radius 3 is 2.90 bits per heavy atom. The molecule has 1 unspecified atom stereocenters. The highest BCUT2D eigenvalue weighted by Crippen LogP contribution is 2.32. The van der Waals surface area contributed by atoms with Crippen LogP contribution in [0.5, 0.6) is 5.75 Å². The van der Waals surface area contributed by atoms with Crippen LogP contribution in [0.15, 0.2) is 23.1 Å². The quantitative estimate of drug-likeness (QED) is 0.898. The van der Waals surface area contributed by atoms with Crippen molar-refractivity contribution in [1.29, 1.82) is 0 Å². The average molecular weight is 319 g/mol. The maximum absolute atomic E-state index is 12.8. The van der Waals surface area contributed by atoms with Gasteiger partial charge in [0.05, 0.1) is 7.11 Å². The predicted octanol–water partition coefficient (Wildman–Crippen LogP) is 1.72. The van der Waals surface area contributed by atoms with Crippen molar-refractivity contribution in [3.63, 3.8) is 0 Å². The van der Waals surface area contributed by atoms with Gasteiger partial charge in [-0.15, -0.1) is 0 Å². The minimum Gasteiger partial charge on any atom is -0.495 e. The van der Waals surface area contributed by atoms with Crippen LogP contribution in [0.25, 0.3) is 0 Å². The maximum Gasteiger partial charge on any atom is 0.247 e. The summed E-state index contributed by atoms with van der Waals surface area (Å²) in [6, 6.07) is 4.59. The van der Waals surface area contributed by atoms with Crippen molar-refractivity contribution in [2.75, 3.05) is 27.2 Å². The van der Waals surface area contributed by atoms with Gasteiger partial charge in [-0.05, 0) is 32.0 Å². The topological polar surface area (TPSA) is 58.6 Å². The molecule has 20 heavy (non-hydrogen) atoms. The lowest BCUT2D eigenvalue weighted by atomic mass is 10.2. The Balaban J connectivity index is 2.39. The first-order valence-corrected chi connectivity index (χ1v) is 8.32. The molecule has 1 fully saturated rings. The molecule has 0 bridgehead atoms. The van der Waals surface area contributed by atoms with E-state index in [0.29, 0.717) is 18.1 Å². The van der Waals surface area contributed by atoms with Gasteiger partial charge in [0.15, 0.2) is 0 Å². The van der Waals surface area contributed by atoms with E-state index in [1.54, 1.807) is 10.4 Å². The zero-order chi connectivity index (χ0) is 14.8. The van der Waals surface area contributed by atoms with E-state index >= 15 is 0 Å². The third kappa shape index (κ3) is 2.93. The lowest BCUT2D eigenvalue weighted by molar-refractivity contribution is 0.370. The van der Waals surface area contributed by atoms with E-state index in [1.807, 2.05) is 7.05 Å². The van der Waals surface area contributed by atoms with Crippen LogP contribution in [-0.2, 0) is 10.0 Å². The highest BCUT2D eigenvalue weighted by molar-refractivity contribution is 7.89. The molecule has 2 rings (SSSR count). The second kappa shape index (κ2) is 6.30. The Hall–Kier alpha value is -0.820. The Morgan fingerprint density at radius 2 is 2.25 bits per heavy atom. The number of nitrogens with zero attached hydrogens (tertiary/aromatic N) is 1. The molecule has 1 N–H and O–H groups in total. The smallest absolute Gasteiger partial charge is 0.247 e. The SMILES string of the molecule is CNCC1CCCN1S(=O)(=O)c1ccc(Cl)cc1OC. The molecule has 0 saturated carbocycles. The lowest BCUT2D eigenvalue weighted by Gasteiger charge is -2.24. The van der Waals surface area contributed by atoms with Gasteiger partial charge in [0.2, 0.25) is 10.0 Å². The molecule has 1 saturated heterocycles. The summed E-state index contributed by atoms with van der Waals surface area (Å²) in [5.74, 6) is 0.285. The first-order chi connectivity index (χ1) is 9.50. The highest BCUT2D eigenvalue weighted by atomic mass is 35.5. The van der Waals surface area contributed by atoms with Crippen molar-refractivity contribution in [2.45, 2.75) is 23.8 Å². The molecule has 112 valence electrons. The third-order valence-electron chi connectivity index (χ3n) is 3.48. The van der Waals surface area contributed by atoms with Crippen molar-refractivity contribution in [3.05, 3.63) is 23.2 Å². The van der Waals surface area contributed by atoms with Crippen molar-refractivity contribution in [2.24, 2.45) is 0 Å². The van der Waals surface area contributed by atoms with E-state index in [2.05, 4.69) is 5.32 Å². The summed E-state index contributed by atoms with van der Waals surface area (Å²) in [6.07, 6.45) is 1.75. The van der Waals surface area contributed by atoms with Gasteiger partial charge in [-0.1, -0.05) is 11.6 Å². The molecule has 1 aliphatic rings. The largest absolute Gasteiger partial charge is 0.495 e. The molecular formula is C13H19ClN2O3S. The Kier molecular flexibility index (Phi) is 4.90. The van der Waals surface area contributed by atoms with Crippen molar-refractivity contribution < 1.29 is 13.2 Å². The summed E-state index contributed by atoms with van der Waals surface area (Å²) in [7, 11) is -0.290. The Morgan fingerprint density at radius 1 is 1.50 bits per heavy atom. The monoisotopic (exact) mass is 318 g/mol. The Bertz CT molecular complexity index is 577. The second-order valence-corrected chi connectivity index (χ2v) is 7.06. The summed E-state index contributed by atoms with van der Waals surface area (Å²) in [5.41, 5.74) is 0. The number of benzene rings is 1. The first kappa shape index (κ1) is 15.6. The van der Waals surface area contributed by atoms with Gasteiger partial charge in [-0.2, -0.15) is 4.31 Å². The summed E-state index contributed by atoms with van der Waals surface area (Å²) in [4.78, 5) is 0.174. The second-order valence-electron chi connectivity index (χ2n) is 4.76. The van der Waals surface area contributed by atoms with E-state index in [4.69, 9.17) is 16.3 Å². The molecule has 1 aromatic rings. The fraction of sp³-hybridized carbons (Fsp3) is 0.538. The van der Waals surface area contributed by atoms with Crippen LogP contribution in [0.4, 0.5) is 0 Å². The molecule has 5 nitrogen and oxygen atoms in total. The van der Waals surface area contributed by atoms with E-state index in [-0.39, 0.29) is 16.7 Å². The van der Waals surface area contributed by atoms with Crippen LogP contribution < -0.4 is 10.1 Å². The molecule has 0 aromatic heterocycles. The molecule has 0 spiro atoms. The van der Waals surface area contributed by atoms with Crippen molar-refractivity contribution in [3.8, 4) is 5.75 Å². The van der Waals surface area contributed by atoms with Crippen LogP contribution in [-0.4, -0.2) is 46.0 Å². The number of ether oxygens (including phenoxy) is 1. The minimum absolute atomic E-state index is 0.00890. The number of hydrogen-bond acceptors (Lipinski definition) is 4. The van der Waals surface area contributed by atoms with E-state index < -0.39 is 10.0 Å². The van der Waals surface area contributed by atoms with E-state index in [1.165, 1.54) is 19.2 Å². The molecule has 0 radical (unpaired) electrons. The normalized spacial score (nSPS) is 20.2. The number of likely N-dealkylation sites (N-methyl/N-ethyl adjacent to an activating group) is 1. The number of nitrogens with one attached hydrogen (secondary N) is 1. The Labute approximate surface area is 124 Å². The highest BCUT2D eigenvalue weighted by Gasteiger charge is 2.36. The molecule has 1 heterocycles. The number of halogens is 1. The van der Waals surface area contributed by atoms with Gasteiger partial charge < -0.3 is 10.1 Å². The lowest BCUT2D eigenvalue weighted by Crippen LogP contribution is -2.40. The van der Waals surface area contributed by atoms with Gasteiger partial charge in [0.1, 0.15) is 10.6 Å². The summed E-state index contributed by atoms with van der Waals surface area (Å²) < 4.78 is 32.3. The van der Waals surface area contributed by atoms with Crippen LogP contribution in [0, 0.1) is 0 Å². The standard InChI is InChI=1S/C13H19ClN2O3S/c1-15-9-11-4-3-7-16(11)20(17,18)13-6-5-10(14)8-12(13)19-2/h5-6,8,11,15H,3-4,7,9H2,1-2H3. The fourth-order valence-corrected chi connectivity index (χ4v) is 4.54. The van der Waals surface area contributed by atoms with Gasteiger partial charge in [0.25, 0.3) is 0 Å². The first-order valence-electron chi connectivity index (χ1n) is 6.50. The van der Waals surface area contributed by atoms with Gasteiger partial charge in [-0.25, -0.2) is 8.42 Å². The summed E-state index contributed by atoms with van der Waals surface area (Å²) in [5, 5.41) is 3.50. The molecule has 0 amide bonds. The minimum atomic E-state index is -3.56. The van der Waals surface area contributed by atoms with Gasteiger partial charge in [0, 0.05) is 30.2 Å². The fourth-order valence-electron chi connectivity index (χ4n) is 2.55. The number of sulfonamides is 1. The third-order valence-corrected chi connectivity index (χ3v) is 5.70. The molecule has 1 atom stereocenters. The molecule has 1 aromatic carbocycles. The van der Waals surface area contributed by atoms with Gasteiger partial charge in [-0.3, -0.25) is 0 Å². The molecule has 0 aliphatic carbocycles. The van der Waals surface area contributed by atoms with E-state index in [9.17, 15) is 8.42 Å². The van der Waals surface area contributed by atoms with E-state index in [0.717, 1.165) is 12.8 Å². The average Bonchev–Trinajstić information content (AvgIpc) is 2.87. The van der Waals surface area contributed by atoms with Crippen molar-refractivity contribution in [1.82, 2.24) is 9.62 Å². The summed E-state index contributed by atoms with van der Waals surface area (Å²) in [6.45, 7) is 1.19. The van der Waals surface area contributed by atoms with Crippen LogP contribution >= 0.6 is 11.6 Å². The number of hydrogen-bond donors (Lipinski definition) is 1. The van der Waals surface area contributed by atoms with Crippen LogP contribution in [0.2, 0.25) is 5.02 Å². The van der Waals surface area contributed by atoms with Crippen LogP contribution in [0.3, 0.4) is 0 Å².